The summed E-state index contributed by atoms with van der Waals surface area (Å²) < 4.78 is 0. The molecule has 0 bridgehead atoms. The van der Waals surface area contributed by atoms with Gasteiger partial charge in [-0.25, -0.2) is 5.90 Å². The highest BCUT2D eigenvalue weighted by Crippen LogP contribution is 2.48. The first-order chi connectivity index (χ1) is 6.85. The van der Waals surface area contributed by atoms with Gasteiger partial charge >= 0.3 is 0 Å². The summed E-state index contributed by atoms with van der Waals surface area (Å²) in [6.45, 7) is 11.5. The lowest BCUT2D eigenvalue weighted by Gasteiger charge is -2.41. The Kier molecular flexibility index (Phi) is 3.83. The van der Waals surface area contributed by atoms with E-state index >= 15 is 0 Å². The molecule has 2 N–H and O–H groups in total. The molecule has 1 saturated carbocycles. The monoisotopic (exact) mass is 213 g/mol. The zero-order valence-electron chi connectivity index (χ0n) is 11.0. The summed E-state index contributed by atoms with van der Waals surface area (Å²) in [5.74, 6) is 6.81. The van der Waals surface area contributed by atoms with Crippen LogP contribution in [0.5, 0.6) is 0 Å². The molecule has 0 saturated heterocycles. The summed E-state index contributed by atoms with van der Waals surface area (Å²) in [7, 11) is 0. The average molecular weight is 213 g/mol. The predicted octanol–water partition coefficient (Wildman–Crippen LogP) is 3.51. The van der Waals surface area contributed by atoms with Crippen molar-refractivity contribution >= 4 is 0 Å². The Balaban J connectivity index is 2.85. The molecular weight excluding hydrogens is 186 g/mol. The van der Waals surface area contributed by atoms with E-state index in [2.05, 4.69) is 34.6 Å². The summed E-state index contributed by atoms with van der Waals surface area (Å²) in [6.07, 6.45) is 4.85. The molecular formula is C13H27NO. The smallest absolute Gasteiger partial charge is 0.0896 e. The summed E-state index contributed by atoms with van der Waals surface area (Å²) in [4.78, 5) is 5.29. The van der Waals surface area contributed by atoms with E-state index in [-0.39, 0.29) is 5.60 Å². The van der Waals surface area contributed by atoms with Gasteiger partial charge in [-0.05, 0) is 37.0 Å². The second kappa shape index (κ2) is 4.42. The van der Waals surface area contributed by atoms with Crippen molar-refractivity contribution in [3.05, 3.63) is 0 Å². The van der Waals surface area contributed by atoms with E-state index < -0.39 is 0 Å². The van der Waals surface area contributed by atoms with Crippen LogP contribution in [0, 0.1) is 17.3 Å². The minimum absolute atomic E-state index is 0.0893. The molecule has 0 heterocycles. The van der Waals surface area contributed by atoms with Crippen LogP contribution in [0.1, 0.15) is 60.3 Å². The highest BCUT2D eigenvalue weighted by molar-refractivity contribution is 4.96. The quantitative estimate of drug-likeness (QED) is 0.728. The van der Waals surface area contributed by atoms with E-state index in [9.17, 15) is 0 Å². The van der Waals surface area contributed by atoms with Crippen molar-refractivity contribution in [1.29, 1.82) is 0 Å². The Morgan fingerprint density at radius 2 is 2.07 bits per heavy atom. The van der Waals surface area contributed by atoms with Gasteiger partial charge in [-0.1, -0.05) is 40.5 Å². The summed E-state index contributed by atoms with van der Waals surface area (Å²) in [5, 5.41) is 0. The lowest BCUT2D eigenvalue weighted by atomic mass is 9.67. The zero-order chi connectivity index (χ0) is 11.7. The number of hydrogen-bond acceptors (Lipinski definition) is 2. The van der Waals surface area contributed by atoms with Crippen molar-refractivity contribution in [2.24, 2.45) is 23.1 Å². The van der Waals surface area contributed by atoms with Gasteiger partial charge < -0.3 is 0 Å². The highest BCUT2D eigenvalue weighted by atomic mass is 16.6. The van der Waals surface area contributed by atoms with Gasteiger partial charge in [0.1, 0.15) is 0 Å². The maximum absolute atomic E-state index is 5.49. The molecule has 2 heteroatoms. The number of nitrogens with two attached hydrogens (primary N) is 1. The SMILES string of the molecule is CCC(C1CCCC1(C)ON)C(C)(C)C. The van der Waals surface area contributed by atoms with Gasteiger partial charge in [-0.2, -0.15) is 0 Å². The normalized spacial score (nSPS) is 34.4. The molecule has 1 rings (SSSR count). The van der Waals surface area contributed by atoms with Gasteiger partial charge in [0.2, 0.25) is 0 Å². The molecule has 0 aromatic rings. The van der Waals surface area contributed by atoms with Crippen LogP contribution in [-0.2, 0) is 4.84 Å². The number of hydrogen-bond donors (Lipinski definition) is 1. The van der Waals surface area contributed by atoms with Crippen LogP contribution in [-0.4, -0.2) is 5.60 Å². The van der Waals surface area contributed by atoms with Crippen LogP contribution < -0.4 is 5.90 Å². The zero-order valence-corrected chi connectivity index (χ0v) is 11.0. The van der Waals surface area contributed by atoms with Crippen molar-refractivity contribution in [3.63, 3.8) is 0 Å². The molecule has 0 spiro atoms. The summed E-state index contributed by atoms with van der Waals surface area (Å²) in [6, 6.07) is 0. The fraction of sp³-hybridized carbons (Fsp3) is 1.00. The minimum atomic E-state index is -0.0893. The van der Waals surface area contributed by atoms with Gasteiger partial charge in [-0.15, -0.1) is 0 Å². The van der Waals surface area contributed by atoms with E-state index in [0.717, 1.165) is 6.42 Å². The Morgan fingerprint density at radius 3 is 2.47 bits per heavy atom. The summed E-state index contributed by atoms with van der Waals surface area (Å²) >= 11 is 0. The molecule has 2 nitrogen and oxygen atoms in total. The Morgan fingerprint density at radius 1 is 1.47 bits per heavy atom. The third-order valence-corrected chi connectivity index (χ3v) is 4.28. The van der Waals surface area contributed by atoms with E-state index in [0.29, 0.717) is 17.3 Å². The molecule has 0 aliphatic heterocycles. The van der Waals surface area contributed by atoms with Crippen molar-refractivity contribution in [3.8, 4) is 0 Å². The first-order valence-electron chi connectivity index (χ1n) is 6.23. The molecule has 0 amide bonds. The van der Waals surface area contributed by atoms with Gasteiger partial charge in [0.05, 0.1) is 5.60 Å². The molecule has 90 valence electrons. The van der Waals surface area contributed by atoms with Gasteiger partial charge in [0.15, 0.2) is 0 Å². The molecule has 1 aliphatic carbocycles. The first-order valence-corrected chi connectivity index (χ1v) is 6.23. The number of rotatable bonds is 3. The maximum atomic E-state index is 5.49. The van der Waals surface area contributed by atoms with Crippen molar-refractivity contribution in [2.75, 3.05) is 0 Å². The first kappa shape index (κ1) is 13.0. The fourth-order valence-electron chi connectivity index (χ4n) is 3.44. The predicted molar refractivity (Wildman–Crippen MR) is 64.3 cm³/mol. The molecule has 1 fully saturated rings. The molecule has 0 aromatic heterocycles. The molecule has 15 heavy (non-hydrogen) atoms. The summed E-state index contributed by atoms with van der Waals surface area (Å²) in [5.41, 5.74) is 0.261. The average Bonchev–Trinajstić information content (AvgIpc) is 2.48. The van der Waals surface area contributed by atoms with E-state index in [1.54, 1.807) is 0 Å². The third-order valence-electron chi connectivity index (χ3n) is 4.28. The second-order valence-corrected chi connectivity index (χ2v) is 6.31. The van der Waals surface area contributed by atoms with E-state index in [4.69, 9.17) is 10.7 Å². The maximum Gasteiger partial charge on any atom is 0.0896 e. The largest absolute Gasteiger partial charge is 0.298 e. The second-order valence-electron chi connectivity index (χ2n) is 6.31. The highest BCUT2D eigenvalue weighted by Gasteiger charge is 2.46. The van der Waals surface area contributed by atoms with Crippen molar-refractivity contribution < 1.29 is 4.84 Å². The lowest BCUT2D eigenvalue weighted by molar-refractivity contribution is -0.0912. The molecule has 0 aromatic carbocycles. The lowest BCUT2D eigenvalue weighted by Crippen LogP contribution is -2.43. The molecule has 3 unspecified atom stereocenters. The standard InChI is InChI=1S/C13H27NO/c1-6-10(12(2,3)4)11-8-7-9-13(11,5)15-14/h10-11H,6-9,14H2,1-5H3. The molecule has 0 radical (unpaired) electrons. The van der Waals surface area contributed by atoms with Gasteiger partial charge in [0.25, 0.3) is 0 Å². The van der Waals surface area contributed by atoms with E-state index in [1.807, 2.05) is 0 Å². The van der Waals surface area contributed by atoms with Crippen LogP contribution in [0.4, 0.5) is 0 Å². The minimum Gasteiger partial charge on any atom is -0.298 e. The molecule has 3 atom stereocenters. The van der Waals surface area contributed by atoms with Crippen LogP contribution in [0.3, 0.4) is 0 Å². The van der Waals surface area contributed by atoms with Crippen LogP contribution in [0.2, 0.25) is 0 Å². The molecule has 1 aliphatic rings. The van der Waals surface area contributed by atoms with Crippen LogP contribution in [0.25, 0.3) is 0 Å². The Hall–Kier alpha value is -0.0800. The van der Waals surface area contributed by atoms with Crippen molar-refractivity contribution in [1.82, 2.24) is 0 Å². The van der Waals surface area contributed by atoms with Crippen LogP contribution in [0.15, 0.2) is 0 Å². The topological polar surface area (TPSA) is 35.2 Å². The Bertz CT molecular complexity index is 209. The van der Waals surface area contributed by atoms with Gasteiger partial charge in [-0.3, -0.25) is 4.84 Å². The fourth-order valence-corrected chi connectivity index (χ4v) is 3.44. The van der Waals surface area contributed by atoms with Crippen LogP contribution >= 0.6 is 0 Å². The van der Waals surface area contributed by atoms with Crippen molar-refractivity contribution in [2.45, 2.75) is 65.9 Å². The Labute approximate surface area is 94.5 Å². The van der Waals surface area contributed by atoms with Gasteiger partial charge in [0, 0.05) is 0 Å². The van der Waals surface area contributed by atoms with E-state index in [1.165, 1.54) is 19.3 Å². The third kappa shape index (κ3) is 2.54.